The standard InChI is InChI=1S/C15H28N4O.HI/c1-12-6-10-19(11-7-12)15(16)18-9-3-8-17-14(20)13-4-2-5-13;/h12-13H,2-11H2,1H3,(H2,16,18)(H,17,20);1H. The largest absolute Gasteiger partial charge is 0.370 e. The van der Waals surface area contributed by atoms with Gasteiger partial charge in [-0.2, -0.15) is 0 Å². The summed E-state index contributed by atoms with van der Waals surface area (Å²) in [5.41, 5.74) is 6.00. The van der Waals surface area contributed by atoms with Crippen LogP contribution in [0.25, 0.3) is 0 Å². The average molecular weight is 408 g/mol. The highest BCUT2D eigenvalue weighted by Crippen LogP contribution is 2.26. The first-order chi connectivity index (χ1) is 9.66. The Morgan fingerprint density at radius 2 is 1.95 bits per heavy atom. The van der Waals surface area contributed by atoms with Crippen LogP contribution >= 0.6 is 24.0 Å². The van der Waals surface area contributed by atoms with Crippen LogP contribution in [-0.4, -0.2) is 42.9 Å². The van der Waals surface area contributed by atoms with Crippen molar-refractivity contribution in [2.45, 2.75) is 45.4 Å². The number of likely N-dealkylation sites (tertiary alicyclic amines) is 1. The van der Waals surface area contributed by atoms with Crippen molar-refractivity contribution in [2.24, 2.45) is 22.6 Å². The van der Waals surface area contributed by atoms with Gasteiger partial charge in [0.2, 0.25) is 5.91 Å². The lowest BCUT2D eigenvalue weighted by Gasteiger charge is -2.31. The summed E-state index contributed by atoms with van der Waals surface area (Å²) in [5, 5.41) is 2.98. The van der Waals surface area contributed by atoms with Crippen LogP contribution in [0.4, 0.5) is 0 Å². The second-order valence-electron chi connectivity index (χ2n) is 6.18. The van der Waals surface area contributed by atoms with E-state index in [2.05, 4.69) is 22.1 Å². The zero-order chi connectivity index (χ0) is 14.4. The summed E-state index contributed by atoms with van der Waals surface area (Å²) in [4.78, 5) is 18.2. The van der Waals surface area contributed by atoms with Crippen molar-refractivity contribution in [3.8, 4) is 0 Å². The van der Waals surface area contributed by atoms with Gasteiger partial charge in [0, 0.05) is 32.1 Å². The van der Waals surface area contributed by atoms with Crippen LogP contribution in [0.1, 0.15) is 45.4 Å². The highest BCUT2D eigenvalue weighted by Gasteiger charge is 2.24. The summed E-state index contributed by atoms with van der Waals surface area (Å²) in [7, 11) is 0. The van der Waals surface area contributed by atoms with Gasteiger partial charge in [0.25, 0.3) is 0 Å². The summed E-state index contributed by atoms with van der Waals surface area (Å²) >= 11 is 0. The van der Waals surface area contributed by atoms with E-state index in [0.29, 0.717) is 19.0 Å². The van der Waals surface area contributed by atoms with E-state index in [1.807, 2.05) is 0 Å². The van der Waals surface area contributed by atoms with E-state index in [1.165, 1.54) is 19.3 Å². The SMILES string of the molecule is CC1CCN(C(N)=NCCCNC(=O)C2CCC2)CC1.I. The molecule has 2 aliphatic rings. The molecule has 0 spiro atoms. The van der Waals surface area contributed by atoms with Crippen molar-refractivity contribution in [1.82, 2.24) is 10.2 Å². The van der Waals surface area contributed by atoms with Crippen LogP contribution < -0.4 is 11.1 Å². The summed E-state index contributed by atoms with van der Waals surface area (Å²) in [5.74, 6) is 1.97. The van der Waals surface area contributed by atoms with E-state index >= 15 is 0 Å². The molecule has 0 atom stereocenters. The van der Waals surface area contributed by atoms with Crippen molar-refractivity contribution in [2.75, 3.05) is 26.2 Å². The molecule has 5 nitrogen and oxygen atoms in total. The molecule has 2 rings (SSSR count). The number of carbonyl (C=O) groups excluding carboxylic acids is 1. The number of piperidine rings is 1. The number of nitrogens with one attached hydrogen (secondary N) is 1. The number of rotatable bonds is 5. The topological polar surface area (TPSA) is 70.7 Å². The maximum Gasteiger partial charge on any atom is 0.223 e. The number of nitrogens with two attached hydrogens (primary N) is 1. The molecular weight excluding hydrogens is 379 g/mol. The van der Waals surface area contributed by atoms with Crippen molar-refractivity contribution in [3.63, 3.8) is 0 Å². The fourth-order valence-electron chi connectivity index (χ4n) is 2.64. The number of guanidine groups is 1. The minimum absolute atomic E-state index is 0. The second-order valence-corrected chi connectivity index (χ2v) is 6.18. The molecule has 0 aromatic carbocycles. The maximum absolute atomic E-state index is 11.6. The van der Waals surface area contributed by atoms with Gasteiger partial charge in [-0.25, -0.2) is 0 Å². The van der Waals surface area contributed by atoms with Crippen molar-refractivity contribution >= 4 is 35.8 Å². The third-order valence-corrected chi connectivity index (χ3v) is 4.49. The van der Waals surface area contributed by atoms with Gasteiger partial charge in [0.05, 0.1) is 0 Å². The second kappa shape index (κ2) is 9.48. The molecule has 0 radical (unpaired) electrons. The number of carbonyl (C=O) groups is 1. The average Bonchev–Trinajstić information content (AvgIpc) is 2.37. The van der Waals surface area contributed by atoms with E-state index in [0.717, 1.165) is 38.3 Å². The molecule has 6 heteroatoms. The Balaban J connectivity index is 0.00000220. The van der Waals surface area contributed by atoms with Gasteiger partial charge in [-0.1, -0.05) is 13.3 Å². The molecule has 1 aliphatic carbocycles. The van der Waals surface area contributed by atoms with Crippen LogP contribution in [0, 0.1) is 11.8 Å². The molecule has 3 N–H and O–H groups in total. The first-order valence-electron chi connectivity index (χ1n) is 7.99. The number of aliphatic imine (C=N–C) groups is 1. The summed E-state index contributed by atoms with van der Waals surface area (Å²) in [6.07, 6.45) is 6.59. The molecule has 0 aromatic heterocycles. The minimum atomic E-state index is 0. The first-order valence-corrected chi connectivity index (χ1v) is 7.99. The summed E-state index contributed by atoms with van der Waals surface area (Å²) in [6.45, 7) is 5.74. The highest BCUT2D eigenvalue weighted by atomic mass is 127. The highest BCUT2D eigenvalue weighted by molar-refractivity contribution is 14.0. The van der Waals surface area contributed by atoms with Crippen LogP contribution in [0.2, 0.25) is 0 Å². The third-order valence-electron chi connectivity index (χ3n) is 4.49. The van der Waals surface area contributed by atoms with Crippen LogP contribution in [0.3, 0.4) is 0 Å². The lowest BCUT2D eigenvalue weighted by atomic mass is 9.85. The number of nitrogens with zero attached hydrogens (tertiary/aromatic N) is 2. The molecule has 1 heterocycles. The van der Waals surface area contributed by atoms with Gasteiger partial charge in [-0.3, -0.25) is 9.79 Å². The van der Waals surface area contributed by atoms with Gasteiger partial charge in [0.15, 0.2) is 5.96 Å². The summed E-state index contributed by atoms with van der Waals surface area (Å²) in [6, 6.07) is 0. The molecule has 122 valence electrons. The van der Waals surface area contributed by atoms with E-state index in [1.54, 1.807) is 0 Å². The van der Waals surface area contributed by atoms with E-state index in [9.17, 15) is 4.79 Å². The molecule has 1 saturated carbocycles. The molecule has 1 saturated heterocycles. The Hall–Kier alpha value is -0.530. The Morgan fingerprint density at radius 1 is 1.29 bits per heavy atom. The number of halogens is 1. The predicted octanol–water partition coefficient (Wildman–Crippen LogP) is 1.96. The van der Waals surface area contributed by atoms with Crippen molar-refractivity contribution < 1.29 is 4.79 Å². The minimum Gasteiger partial charge on any atom is -0.370 e. The molecule has 21 heavy (non-hydrogen) atoms. The Kier molecular flexibility index (Phi) is 8.36. The lowest BCUT2D eigenvalue weighted by molar-refractivity contribution is -0.127. The molecular formula is C15H29IN4O. The molecule has 0 aromatic rings. The predicted molar refractivity (Wildman–Crippen MR) is 96.8 cm³/mol. The fraction of sp³-hybridized carbons (Fsp3) is 0.867. The fourth-order valence-corrected chi connectivity index (χ4v) is 2.64. The first kappa shape index (κ1) is 18.5. The van der Waals surface area contributed by atoms with Crippen molar-refractivity contribution in [3.05, 3.63) is 0 Å². The zero-order valence-electron chi connectivity index (χ0n) is 13.0. The van der Waals surface area contributed by atoms with Crippen molar-refractivity contribution in [1.29, 1.82) is 0 Å². The summed E-state index contributed by atoms with van der Waals surface area (Å²) < 4.78 is 0. The number of amides is 1. The van der Waals surface area contributed by atoms with E-state index < -0.39 is 0 Å². The van der Waals surface area contributed by atoms with E-state index in [-0.39, 0.29) is 35.8 Å². The van der Waals surface area contributed by atoms with Gasteiger partial charge in [-0.05, 0) is 38.0 Å². The van der Waals surface area contributed by atoms with Gasteiger partial charge in [-0.15, -0.1) is 24.0 Å². The molecule has 1 amide bonds. The normalized spacial score (nSPS) is 20.6. The van der Waals surface area contributed by atoms with Gasteiger partial charge in [0.1, 0.15) is 0 Å². The third kappa shape index (κ3) is 6.00. The quantitative estimate of drug-likeness (QED) is 0.316. The zero-order valence-corrected chi connectivity index (χ0v) is 15.3. The van der Waals surface area contributed by atoms with Gasteiger partial charge < -0.3 is 16.0 Å². The number of hydrogen-bond donors (Lipinski definition) is 2. The Labute approximate surface area is 145 Å². The molecule has 0 bridgehead atoms. The smallest absolute Gasteiger partial charge is 0.223 e. The molecule has 1 aliphatic heterocycles. The van der Waals surface area contributed by atoms with Crippen LogP contribution in [0.15, 0.2) is 4.99 Å². The van der Waals surface area contributed by atoms with E-state index in [4.69, 9.17) is 5.73 Å². The Morgan fingerprint density at radius 3 is 2.52 bits per heavy atom. The number of hydrogen-bond acceptors (Lipinski definition) is 2. The monoisotopic (exact) mass is 408 g/mol. The van der Waals surface area contributed by atoms with Gasteiger partial charge >= 0.3 is 0 Å². The lowest BCUT2D eigenvalue weighted by Crippen LogP contribution is -2.42. The molecule has 2 fully saturated rings. The molecule has 0 unspecified atom stereocenters. The van der Waals surface area contributed by atoms with Crippen LogP contribution in [-0.2, 0) is 4.79 Å². The maximum atomic E-state index is 11.6. The Bertz CT molecular complexity index is 350. The van der Waals surface area contributed by atoms with Crippen LogP contribution in [0.5, 0.6) is 0 Å².